The van der Waals surface area contributed by atoms with Crippen LogP contribution in [0.15, 0.2) is 18.3 Å². The summed E-state index contributed by atoms with van der Waals surface area (Å²) >= 11 is 0. The van der Waals surface area contributed by atoms with Gasteiger partial charge >= 0.3 is 0 Å². The SMILES string of the molecule is CCNC(=O)c1cc(NC[C@@](C)(O)[C@@H](C)CC)ccn1. The highest BCUT2D eigenvalue weighted by molar-refractivity contribution is 5.93. The van der Waals surface area contributed by atoms with Crippen LogP contribution in [0, 0.1) is 5.92 Å². The maximum Gasteiger partial charge on any atom is 0.269 e. The Hall–Kier alpha value is -1.62. The quantitative estimate of drug-likeness (QED) is 0.714. The molecule has 0 saturated carbocycles. The van der Waals surface area contributed by atoms with Crippen LogP contribution in [0.25, 0.3) is 0 Å². The third kappa shape index (κ3) is 4.49. The molecule has 0 aliphatic rings. The monoisotopic (exact) mass is 279 g/mol. The highest BCUT2D eigenvalue weighted by atomic mass is 16.3. The number of nitrogens with one attached hydrogen (secondary N) is 2. The Kier molecular flexibility index (Phi) is 5.95. The molecule has 0 radical (unpaired) electrons. The Morgan fingerprint density at radius 1 is 1.50 bits per heavy atom. The van der Waals surface area contributed by atoms with E-state index in [0.717, 1.165) is 12.1 Å². The van der Waals surface area contributed by atoms with Gasteiger partial charge in [-0.3, -0.25) is 9.78 Å². The minimum absolute atomic E-state index is 0.190. The summed E-state index contributed by atoms with van der Waals surface area (Å²) in [6.07, 6.45) is 2.50. The number of pyridine rings is 1. The van der Waals surface area contributed by atoms with E-state index in [-0.39, 0.29) is 11.8 Å². The summed E-state index contributed by atoms with van der Waals surface area (Å²) in [5.74, 6) is 0.00420. The van der Waals surface area contributed by atoms with Gasteiger partial charge in [-0.25, -0.2) is 0 Å². The molecule has 0 bridgehead atoms. The predicted molar refractivity (Wildman–Crippen MR) is 80.8 cm³/mol. The van der Waals surface area contributed by atoms with Crippen molar-refractivity contribution in [3.05, 3.63) is 24.0 Å². The number of anilines is 1. The normalized spacial score (nSPS) is 15.2. The summed E-state index contributed by atoms with van der Waals surface area (Å²) < 4.78 is 0. The van der Waals surface area contributed by atoms with Crippen LogP contribution in [0.3, 0.4) is 0 Å². The largest absolute Gasteiger partial charge is 0.388 e. The standard InChI is InChI=1S/C15H25N3O2/c1-5-11(3)15(4,20)10-18-12-7-8-17-13(9-12)14(19)16-6-2/h7-9,11,20H,5-6,10H2,1-4H3,(H,16,19)(H,17,18)/t11-,15+/m0/s1. The lowest BCUT2D eigenvalue weighted by Gasteiger charge is -2.30. The molecule has 1 rings (SSSR count). The molecule has 3 N–H and O–H groups in total. The molecule has 0 spiro atoms. The fourth-order valence-corrected chi connectivity index (χ4v) is 1.81. The maximum absolute atomic E-state index is 11.7. The molecule has 5 heteroatoms. The third-order valence-corrected chi connectivity index (χ3v) is 3.65. The van der Waals surface area contributed by atoms with Crippen molar-refractivity contribution in [1.29, 1.82) is 0 Å². The van der Waals surface area contributed by atoms with E-state index in [1.165, 1.54) is 0 Å². The minimum atomic E-state index is -0.788. The summed E-state index contributed by atoms with van der Waals surface area (Å²) in [7, 11) is 0. The summed E-state index contributed by atoms with van der Waals surface area (Å²) in [5.41, 5.74) is 0.369. The number of amides is 1. The maximum atomic E-state index is 11.7. The molecular formula is C15H25N3O2. The fraction of sp³-hybridized carbons (Fsp3) is 0.600. The van der Waals surface area contributed by atoms with Crippen LogP contribution in [-0.2, 0) is 0 Å². The van der Waals surface area contributed by atoms with E-state index in [0.29, 0.717) is 18.8 Å². The third-order valence-electron chi connectivity index (χ3n) is 3.65. The lowest BCUT2D eigenvalue weighted by molar-refractivity contribution is 0.0176. The first kappa shape index (κ1) is 16.4. The van der Waals surface area contributed by atoms with Gasteiger partial charge in [0.05, 0.1) is 5.60 Å². The van der Waals surface area contributed by atoms with Gasteiger partial charge < -0.3 is 15.7 Å². The molecule has 5 nitrogen and oxygen atoms in total. The Labute approximate surface area is 120 Å². The molecule has 1 amide bonds. The molecule has 1 aromatic heterocycles. The Morgan fingerprint density at radius 3 is 2.80 bits per heavy atom. The number of carbonyl (C=O) groups is 1. The number of rotatable bonds is 7. The summed E-state index contributed by atoms with van der Waals surface area (Å²) in [5, 5.41) is 16.2. The minimum Gasteiger partial charge on any atom is -0.388 e. The first-order chi connectivity index (χ1) is 9.40. The van der Waals surface area contributed by atoms with Crippen LogP contribution in [0.2, 0.25) is 0 Å². The van der Waals surface area contributed by atoms with E-state index in [1.54, 1.807) is 18.3 Å². The molecule has 112 valence electrons. The van der Waals surface area contributed by atoms with Crippen molar-refractivity contribution in [2.24, 2.45) is 5.92 Å². The first-order valence-electron chi connectivity index (χ1n) is 7.11. The molecular weight excluding hydrogens is 254 g/mol. The molecule has 0 fully saturated rings. The van der Waals surface area contributed by atoms with E-state index in [1.807, 2.05) is 20.8 Å². The highest BCUT2D eigenvalue weighted by Gasteiger charge is 2.26. The first-order valence-corrected chi connectivity index (χ1v) is 7.11. The van der Waals surface area contributed by atoms with Crippen molar-refractivity contribution in [2.45, 2.75) is 39.7 Å². The van der Waals surface area contributed by atoms with Gasteiger partial charge in [0.25, 0.3) is 5.91 Å². The molecule has 2 atom stereocenters. The van der Waals surface area contributed by atoms with Crippen LogP contribution < -0.4 is 10.6 Å². The summed E-state index contributed by atoms with van der Waals surface area (Å²) in [6.45, 7) is 8.76. The molecule has 0 aliphatic heterocycles. The van der Waals surface area contributed by atoms with Gasteiger partial charge in [-0.1, -0.05) is 20.3 Å². The zero-order valence-corrected chi connectivity index (χ0v) is 12.7. The van der Waals surface area contributed by atoms with E-state index >= 15 is 0 Å². The summed E-state index contributed by atoms with van der Waals surface area (Å²) in [6, 6.07) is 3.48. The van der Waals surface area contributed by atoms with Crippen molar-refractivity contribution in [3.63, 3.8) is 0 Å². The van der Waals surface area contributed by atoms with Gasteiger partial charge in [0, 0.05) is 25.0 Å². The van der Waals surface area contributed by atoms with Crippen molar-refractivity contribution in [2.75, 3.05) is 18.4 Å². The predicted octanol–water partition coefficient (Wildman–Crippen LogP) is 2.04. The van der Waals surface area contributed by atoms with Crippen LogP contribution in [-0.4, -0.2) is 34.7 Å². The lowest BCUT2D eigenvalue weighted by Crippen LogP contribution is -2.39. The van der Waals surface area contributed by atoms with Crippen LogP contribution in [0.4, 0.5) is 5.69 Å². The van der Waals surface area contributed by atoms with E-state index in [2.05, 4.69) is 22.5 Å². The Bertz CT molecular complexity index is 446. The van der Waals surface area contributed by atoms with Crippen molar-refractivity contribution < 1.29 is 9.90 Å². The zero-order chi connectivity index (χ0) is 15.2. The van der Waals surface area contributed by atoms with E-state index in [4.69, 9.17) is 0 Å². The van der Waals surface area contributed by atoms with Gasteiger partial charge in [0.2, 0.25) is 0 Å². The lowest BCUT2D eigenvalue weighted by atomic mass is 9.88. The number of hydrogen-bond acceptors (Lipinski definition) is 4. The number of aromatic nitrogens is 1. The van der Waals surface area contributed by atoms with Gasteiger partial charge in [0.1, 0.15) is 5.69 Å². The van der Waals surface area contributed by atoms with E-state index in [9.17, 15) is 9.90 Å². The van der Waals surface area contributed by atoms with Gasteiger partial charge in [-0.05, 0) is 31.9 Å². The Morgan fingerprint density at radius 2 is 2.20 bits per heavy atom. The van der Waals surface area contributed by atoms with Crippen LogP contribution >= 0.6 is 0 Å². The van der Waals surface area contributed by atoms with Crippen molar-refractivity contribution in [1.82, 2.24) is 10.3 Å². The molecule has 0 aromatic carbocycles. The van der Waals surface area contributed by atoms with Crippen LogP contribution in [0.1, 0.15) is 44.6 Å². The van der Waals surface area contributed by atoms with Gasteiger partial charge in [-0.15, -0.1) is 0 Å². The van der Waals surface area contributed by atoms with Gasteiger partial charge in [0.15, 0.2) is 0 Å². The average Bonchev–Trinajstić information content (AvgIpc) is 2.45. The smallest absolute Gasteiger partial charge is 0.269 e. The van der Waals surface area contributed by atoms with Crippen LogP contribution in [0.5, 0.6) is 0 Å². The summed E-state index contributed by atoms with van der Waals surface area (Å²) in [4.78, 5) is 15.7. The average molecular weight is 279 g/mol. The number of nitrogens with zero attached hydrogens (tertiary/aromatic N) is 1. The number of carbonyl (C=O) groups excluding carboxylic acids is 1. The molecule has 0 unspecified atom stereocenters. The van der Waals surface area contributed by atoms with Crippen molar-refractivity contribution in [3.8, 4) is 0 Å². The number of hydrogen-bond donors (Lipinski definition) is 3. The second-order valence-electron chi connectivity index (χ2n) is 5.31. The highest BCUT2D eigenvalue weighted by Crippen LogP contribution is 2.20. The zero-order valence-electron chi connectivity index (χ0n) is 12.7. The fourth-order valence-electron chi connectivity index (χ4n) is 1.81. The Balaban J connectivity index is 2.69. The van der Waals surface area contributed by atoms with E-state index < -0.39 is 5.60 Å². The molecule has 0 aliphatic carbocycles. The topological polar surface area (TPSA) is 74.2 Å². The van der Waals surface area contributed by atoms with Crippen molar-refractivity contribution >= 4 is 11.6 Å². The molecule has 1 aromatic rings. The second kappa shape index (κ2) is 7.24. The number of aliphatic hydroxyl groups is 1. The molecule has 20 heavy (non-hydrogen) atoms. The second-order valence-corrected chi connectivity index (χ2v) is 5.31. The van der Waals surface area contributed by atoms with Gasteiger partial charge in [-0.2, -0.15) is 0 Å². The molecule has 0 saturated heterocycles. The molecule has 1 heterocycles.